The van der Waals surface area contributed by atoms with Gasteiger partial charge in [-0.1, -0.05) is 31.2 Å². The van der Waals surface area contributed by atoms with Crippen LogP contribution in [-0.2, 0) is 12.8 Å². The average Bonchev–Trinajstić information content (AvgIpc) is 2.35. The maximum absolute atomic E-state index is 11.9. The number of rotatable bonds is 2. The molecule has 3 heteroatoms. The summed E-state index contributed by atoms with van der Waals surface area (Å²) < 4.78 is 0. The van der Waals surface area contributed by atoms with E-state index in [1.165, 1.54) is 11.1 Å². The van der Waals surface area contributed by atoms with Crippen LogP contribution in [0, 0.1) is 6.92 Å². The number of nitrogens with zero attached hydrogens (tertiary/aromatic N) is 1. The Morgan fingerprint density at radius 3 is 2.89 bits per heavy atom. The summed E-state index contributed by atoms with van der Waals surface area (Å²) in [5.41, 5.74) is 4.32. The quantitative estimate of drug-likeness (QED) is 0.875. The third-order valence-corrected chi connectivity index (χ3v) is 3.79. The molecular weight excluding hydrogens is 224 g/mol. The van der Waals surface area contributed by atoms with Gasteiger partial charge in [-0.05, 0) is 30.9 Å². The number of hydrogen-bond donors (Lipinski definition) is 1. The van der Waals surface area contributed by atoms with Crippen molar-refractivity contribution in [2.45, 2.75) is 32.6 Å². The van der Waals surface area contributed by atoms with Crippen molar-refractivity contribution >= 4 is 0 Å². The van der Waals surface area contributed by atoms with E-state index in [2.05, 4.69) is 28.2 Å². The van der Waals surface area contributed by atoms with E-state index in [0.29, 0.717) is 0 Å². The van der Waals surface area contributed by atoms with E-state index in [4.69, 9.17) is 0 Å². The fourth-order valence-electron chi connectivity index (χ4n) is 2.61. The number of aryl methyl sites for hydroxylation is 1. The van der Waals surface area contributed by atoms with Crippen LogP contribution >= 0.6 is 0 Å². The molecule has 0 fully saturated rings. The van der Waals surface area contributed by atoms with Crippen molar-refractivity contribution in [2.24, 2.45) is 0 Å². The Labute approximate surface area is 106 Å². The van der Waals surface area contributed by atoms with Gasteiger partial charge in [-0.2, -0.15) is 0 Å². The summed E-state index contributed by atoms with van der Waals surface area (Å²) in [4.78, 5) is 19.4. The second kappa shape index (κ2) is 4.09. The second-order valence-corrected chi connectivity index (χ2v) is 4.83. The topological polar surface area (TPSA) is 45.8 Å². The highest BCUT2D eigenvalue weighted by molar-refractivity contribution is 5.44. The molecule has 3 nitrogen and oxygen atoms in total. The van der Waals surface area contributed by atoms with Crippen LogP contribution < -0.4 is 5.56 Å². The van der Waals surface area contributed by atoms with Crippen molar-refractivity contribution in [3.63, 3.8) is 0 Å². The van der Waals surface area contributed by atoms with Crippen LogP contribution in [0.15, 0.2) is 29.1 Å². The first-order valence-corrected chi connectivity index (χ1v) is 6.38. The highest BCUT2D eigenvalue weighted by atomic mass is 16.1. The minimum atomic E-state index is 0.00114. The summed E-state index contributed by atoms with van der Waals surface area (Å²) in [5, 5.41) is 0. The molecule has 0 bridgehead atoms. The van der Waals surface area contributed by atoms with E-state index in [1.54, 1.807) is 0 Å². The maximum Gasteiger partial charge on any atom is 0.254 e. The fraction of sp³-hybridized carbons (Fsp3) is 0.333. The molecule has 3 rings (SSSR count). The lowest BCUT2D eigenvalue weighted by Gasteiger charge is -2.29. The van der Waals surface area contributed by atoms with Crippen LogP contribution in [0.5, 0.6) is 0 Å². The van der Waals surface area contributed by atoms with Crippen molar-refractivity contribution < 1.29 is 0 Å². The third-order valence-electron chi connectivity index (χ3n) is 3.79. The molecular formula is C15H16N2O. The zero-order chi connectivity index (χ0) is 12.7. The zero-order valence-corrected chi connectivity index (χ0v) is 10.7. The second-order valence-electron chi connectivity index (χ2n) is 4.83. The van der Waals surface area contributed by atoms with Crippen LogP contribution in [0.3, 0.4) is 0 Å². The van der Waals surface area contributed by atoms with Crippen molar-refractivity contribution in [2.75, 3.05) is 0 Å². The highest BCUT2D eigenvalue weighted by Gasteiger charge is 2.29. The predicted molar refractivity (Wildman–Crippen MR) is 71.0 cm³/mol. The average molecular weight is 240 g/mol. The van der Waals surface area contributed by atoms with Gasteiger partial charge in [-0.25, -0.2) is 4.98 Å². The lowest BCUT2D eigenvalue weighted by Crippen LogP contribution is -2.25. The maximum atomic E-state index is 11.9. The van der Waals surface area contributed by atoms with E-state index in [1.807, 2.05) is 19.9 Å². The molecule has 0 spiro atoms. The van der Waals surface area contributed by atoms with Crippen molar-refractivity contribution in [1.82, 2.24) is 9.97 Å². The molecule has 1 aliphatic rings. The van der Waals surface area contributed by atoms with Crippen molar-refractivity contribution in [3.8, 4) is 0 Å². The minimum absolute atomic E-state index is 0.00114. The summed E-state index contributed by atoms with van der Waals surface area (Å²) in [6.45, 7) is 3.87. The summed E-state index contributed by atoms with van der Waals surface area (Å²) >= 11 is 0. The Hall–Kier alpha value is -1.90. The normalized spacial score (nSPS) is 17.1. The first kappa shape index (κ1) is 11.2. The number of aromatic nitrogens is 2. The molecule has 1 aromatic heterocycles. The van der Waals surface area contributed by atoms with Crippen molar-refractivity contribution in [1.29, 1.82) is 0 Å². The Balaban J connectivity index is 2.06. The van der Waals surface area contributed by atoms with Crippen LogP contribution in [-0.4, -0.2) is 9.97 Å². The monoisotopic (exact) mass is 240 g/mol. The Morgan fingerprint density at radius 2 is 2.17 bits per heavy atom. The van der Waals surface area contributed by atoms with Gasteiger partial charge in [-0.15, -0.1) is 0 Å². The molecule has 18 heavy (non-hydrogen) atoms. The van der Waals surface area contributed by atoms with E-state index >= 15 is 0 Å². The molecule has 0 saturated heterocycles. The number of fused-ring (bicyclic) bond motifs is 1. The SMILES string of the molecule is CCc1nc(C2Cc3ccccc32)[nH]c(=O)c1C. The Kier molecular flexibility index (Phi) is 2.54. The molecule has 0 aliphatic heterocycles. The number of H-pyrrole nitrogens is 1. The molecule has 1 aliphatic carbocycles. The third kappa shape index (κ3) is 1.58. The summed E-state index contributed by atoms with van der Waals surface area (Å²) in [7, 11) is 0. The van der Waals surface area contributed by atoms with Crippen LogP contribution in [0.4, 0.5) is 0 Å². The first-order chi connectivity index (χ1) is 8.70. The van der Waals surface area contributed by atoms with Gasteiger partial charge in [0.25, 0.3) is 5.56 Å². The minimum Gasteiger partial charge on any atom is -0.310 e. The van der Waals surface area contributed by atoms with Gasteiger partial charge < -0.3 is 4.98 Å². The molecule has 0 radical (unpaired) electrons. The van der Waals surface area contributed by atoms with Gasteiger partial charge in [0.05, 0.1) is 5.69 Å². The lowest BCUT2D eigenvalue weighted by atomic mass is 9.77. The van der Waals surface area contributed by atoms with Gasteiger partial charge >= 0.3 is 0 Å². The molecule has 1 atom stereocenters. The van der Waals surface area contributed by atoms with Gasteiger partial charge in [0.1, 0.15) is 5.82 Å². The summed E-state index contributed by atoms with van der Waals surface area (Å²) in [6, 6.07) is 8.35. The van der Waals surface area contributed by atoms with E-state index < -0.39 is 0 Å². The molecule has 1 N–H and O–H groups in total. The Bertz CT molecular complexity index is 658. The smallest absolute Gasteiger partial charge is 0.254 e. The molecule has 1 aromatic carbocycles. The predicted octanol–water partition coefficient (Wildman–Crippen LogP) is 2.33. The largest absolute Gasteiger partial charge is 0.310 e. The Morgan fingerprint density at radius 1 is 1.39 bits per heavy atom. The molecule has 0 saturated carbocycles. The summed E-state index contributed by atoms with van der Waals surface area (Å²) in [6.07, 6.45) is 1.78. The molecule has 2 aromatic rings. The molecule has 1 heterocycles. The number of hydrogen-bond acceptors (Lipinski definition) is 2. The number of nitrogens with one attached hydrogen (secondary N) is 1. The standard InChI is InChI=1S/C15H16N2O/c1-3-13-9(2)15(18)17-14(16-13)12-8-10-6-4-5-7-11(10)12/h4-7,12H,3,8H2,1-2H3,(H,16,17,18). The molecule has 0 amide bonds. The van der Waals surface area contributed by atoms with Gasteiger partial charge in [0.2, 0.25) is 0 Å². The molecule has 92 valence electrons. The number of benzene rings is 1. The van der Waals surface area contributed by atoms with E-state index in [0.717, 1.165) is 29.9 Å². The number of aromatic amines is 1. The van der Waals surface area contributed by atoms with Crippen molar-refractivity contribution in [3.05, 3.63) is 62.8 Å². The summed E-state index contributed by atoms with van der Waals surface area (Å²) in [5.74, 6) is 1.08. The van der Waals surface area contributed by atoms with Gasteiger partial charge in [0.15, 0.2) is 0 Å². The van der Waals surface area contributed by atoms with Gasteiger partial charge in [-0.3, -0.25) is 4.79 Å². The first-order valence-electron chi connectivity index (χ1n) is 6.38. The highest BCUT2D eigenvalue weighted by Crippen LogP contribution is 2.38. The lowest BCUT2D eigenvalue weighted by molar-refractivity contribution is 0.647. The van der Waals surface area contributed by atoms with Crippen LogP contribution in [0.1, 0.15) is 41.1 Å². The van der Waals surface area contributed by atoms with E-state index in [9.17, 15) is 4.79 Å². The van der Waals surface area contributed by atoms with E-state index in [-0.39, 0.29) is 11.5 Å². The zero-order valence-electron chi connectivity index (χ0n) is 10.7. The van der Waals surface area contributed by atoms with Crippen LogP contribution in [0.2, 0.25) is 0 Å². The fourth-order valence-corrected chi connectivity index (χ4v) is 2.61. The molecule has 1 unspecified atom stereocenters. The van der Waals surface area contributed by atoms with Crippen LogP contribution in [0.25, 0.3) is 0 Å². The van der Waals surface area contributed by atoms with Gasteiger partial charge in [0, 0.05) is 11.5 Å².